The Hall–Kier alpha value is -1.83. The van der Waals surface area contributed by atoms with Crippen molar-refractivity contribution in [3.8, 4) is 16.9 Å². The van der Waals surface area contributed by atoms with Gasteiger partial charge in [-0.25, -0.2) is 4.39 Å². The van der Waals surface area contributed by atoms with E-state index in [2.05, 4.69) is 38.1 Å². The van der Waals surface area contributed by atoms with Gasteiger partial charge in [-0.1, -0.05) is 108 Å². The van der Waals surface area contributed by atoms with Crippen LogP contribution >= 0.6 is 0 Å². The van der Waals surface area contributed by atoms with Gasteiger partial charge in [-0.15, -0.1) is 0 Å². The quantitative estimate of drug-likeness (QED) is 0.283. The number of ether oxygens (including phenoxy) is 1. The van der Waals surface area contributed by atoms with Gasteiger partial charge in [0, 0.05) is 0 Å². The Morgan fingerprint density at radius 3 is 2.09 bits per heavy atom. The summed E-state index contributed by atoms with van der Waals surface area (Å²) in [6.07, 6.45) is 17.0. The van der Waals surface area contributed by atoms with E-state index < -0.39 is 0 Å². The molecule has 0 N–H and O–H groups in total. The minimum atomic E-state index is -0.253. The van der Waals surface area contributed by atoms with E-state index in [1.807, 2.05) is 6.07 Å². The van der Waals surface area contributed by atoms with Gasteiger partial charge in [0.25, 0.3) is 0 Å². The van der Waals surface area contributed by atoms with E-state index >= 15 is 0 Å². The predicted octanol–water partition coefficient (Wildman–Crippen LogP) is 9.38. The van der Waals surface area contributed by atoms with E-state index in [0.29, 0.717) is 18.3 Å². The molecule has 2 aromatic rings. The second-order valence-corrected chi connectivity index (χ2v) is 9.85. The highest BCUT2D eigenvalue weighted by Gasteiger charge is 2.21. The molecule has 32 heavy (non-hydrogen) atoms. The summed E-state index contributed by atoms with van der Waals surface area (Å²) in [5, 5.41) is 0. The summed E-state index contributed by atoms with van der Waals surface area (Å²) in [5.74, 6) is 1.61. The van der Waals surface area contributed by atoms with Gasteiger partial charge >= 0.3 is 0 Å². The third kappa shape index (κ3) is 7.94. The van der Waals surface area contributed by atoms with Gasteiger partial charge in [0.15, 0.2) is 11.6 Å². The van der Waals surface area contributed by atoms with Crippen LogP contribution in [-0.2, 0) is 6.42 Å². The molecule has 0 aromatic heterocycles. The van der Waals surface area contributed by atoms with Crippen molar-refractivity contribution in [2.75, 3.05) is 6.61 Å². The van der Waals surface area contributed by atoms with Crippen molar-refractivity contribution in [1.29, 1.82) is 0 Å². The van der Waals surface area contributed by atoms with Crippen LogP contribution in [0.5, 0.6) is 5.75 Å². The fourth-order valence-corrected chi connectivity index (χ4v) is 5.06. The molecule has 0 amide bonds. The molecule has 1 saturated carbocycles. The third-order valence-corrected chi connectivity index (χ3v) is 7.16. The van der Waals surface area contributed by atoms with E-state index in [1.54, 1.807) is 12.1 Å². The highest BCUT2D eigenvalue weighted by molar-refractivity contribution is 5.64. The van der Waals surface area contributed by atoms with E-state index in [1.165, 1.54) is 76.2 Å². The Kier molecular flexibility index (Phi) is 10.6. The van der Waals surface area contributed by atoms with Gasteiger partial charge in [-0.3, -0.25) is 0 Å². The smallest absolute Gasteiger partial charge is 0.165 e. The molecule has 3 rings (SSSR count). The molecule has 1 nitrogen and oxygen atoms in total. The lowest BCUT2D eigenvalue weighted by Gasteiger charge is -2.28. The average Bonchev–Trinajstić information content (AvgIpc) is 2.82. The summed E-state index contributed by atoms with van der Waals surface area (Å²) in [6, 6.07) is 13.9. The van der Waals surface area contributed by atoms with E-state index in [0.717, 1.165) is 29.9 Å². The number of aryl methyl sites for hydroxylation is 1. The van der Waals surface area contributed by atoms with Crippen molar-refractivity contribution in [3.63, 3.8) is 0 Å². The normalized spacial score (nSPS) is 18.6. The first-order chi connectivity index (χ1) is 15.7. The van der Waals surface area contributed by atoms with Crippen molar-refractivity contribution in [2.45, 2.75) is 97.3 Å². The van der Waals surface area contributed by atoms with E-state index in [9.17, 15) is 4.39 Å². The highest BCUT2D eigenvalue weighted by atomic mass is 19.1. The van der Waals surface area contributed by atoms with Gasteiger partial charge in [0.05, 0.1) is 6.61 Å². The summed E-state index contributed by atoms with van der Waals surface area (Å²) < 4.78 is 20.6. The minimum absolute atomic E-state index is 0.253. The van der Waals surface area contributed by atoms with Gasteiger partial charge in [-0.2, -0.15) is 0 Å². The van der Waals surface area contributed by atoms with Crippen molar-refractivity contribution in [3.05, 3.63) is 53.8 Å². The summed E-state index contributed by atoms with van der Waals surface area (Å²) >= 11 is 0. The summed E-state index contributed by atoms with van der Waals surface area (Å²) in [7, 11) is 0. The SMILES string of the molecule is CCCCCCCCC1CCC(COc2ccc(-c3ccc(CCC)cc3)cc2F)CC1. The molecule has 1 aliphatic carbocycles. The van der Waals surface area contributed by atoms with Crippen LogP contribution in [0.3, 0.4) is 0 Å². The molecule has 1 aliphatic rings. The van der Waals surface area contributed by atoms with Crippen LogP contribution in [0.15, 0.2) is 42.5 Å². The fraction of sp³-hybridized carbons (Fsp3) is 0.600. The van der Waals surface area contributed by atoms with Crippen LogP contribution < -0.4 is 4.74 Å². The lowest BCUT2D eigenvalue weighted by atomic mass is 9.80. The standard InChI is InChI=1S/C30H43FO/c1-3-5-6-7-8-9-11-25-12-14-26(15-13-25)23-32-30-21-20-28(22-29(30)31)27-18-16-24(10-4-2)17-19-27/h16-22,25-26H,3-15,23H2,1-2H3. The zero-order valence-corrected chi connectivity index (χ0v) is 20.4. The molecule has 2 aromatic carbocycles. The topological polar surface area (TPSA) is 9.23 Å². The lowest BCUT2D eigenvalue weighted by Crippen LogP contribution is -2.20. The van der Waals surface area contributed by atoms with Gasteiger partial charge in [-0.05, 0) is 59.9 Å². The molecule has 0 bridgehead atoms. The Morgan fingerprint density at radius 2 is 1.41 bits per heavy atom. The van der Waals surface area contributed by atoms with Gasteiger partial charge < -0.3 is 4.74 Å². The minimum Gasteiger partial charge on any atom is -0.490 e. The number of unbranched alkanes of at least 4 members (excludes halogenated alkanes) is 5. The van der Waals surface area contributed by atoms with Crippen LogP contribution in [0.1, 0.15) is 96.5 Å². The Morgan fingerprint density at radius 1 is 0.750 bits per heavy atom. The highest BCUT2D eigenvalue weighted by Crippen LogP contribution is 2.33. The molecule has 1 fully saturated rings. The number of hydrogen-bond acceptors (Lipinski definition) is 1. The van der Waals surface area contributed by atoms with Crippen LogP contribution in [-0.4, -0.2) is 6.61 Å². The average molecular weight is 439 g/mol. The van der Waals surface area contributed by atoms with Crippen LogP contribution in [0.25, 0.3) is 11.1 Å². The fourth-order valence-electron chi connectivity index (χ4n) is 5.06. The molecule has 0 spiro atoms. The predicted molar refractivity (Wildman–Crippen MR) is 135 cm³/mol. The van der Waals surface area contributed by atoms with Gasteiger partial charge in [0.2, 0.25) is 0 Å². The second kappa shape index (κ2) is 13.7. The molecular weight excluding hydrogens is 395 g/mol. The number of benzene rings is 2. The maximum absolute atomic E-state index is 14.7. The molecule has 0 heterocycles. The van der Waals surface area contributed by atoms with Crippen molar-refractivity contribution in [1.82, 2.24) is 0 Å². The van der Waals surface area contributed by atoms with Gasteiger partial charge in [0.1, 0.15) is 0 Å². The number of hydrogen-bond donors (Lipinski definition) is 0. The van der Waals surface area contributed by atoms with Crippen molar-refractivity contribution in [2.24, 2.45) is 11.8 Å². The monoisotopic (exact) mass is 438 g/mol. The van der Waals surface area contributed by atoms with E-state index in [-0.39, 0.29) is 5.82 Å². The molecule has 0 aliphatic heterocycles. The zero-order chi connectivity index (χ0) is 22.6. The lowest BCUT2D eigenvalue weighted by molar-refractivity contribution is 0.173. The Bertz CT molecular complexity index is 774. The molecule has 0 atom stereocenters. The molecule has 176 valence electrons. The molecule has 0 radical (unpaired) electrons. The first kappa shape index (κ1) is 24.8. The van der Waals surface area contributed by atoms with E-state index in [4.69, 9.17) is 4.74 Å². The number of halogens is 1. The summed E-state index contributed by atoms with van der Waals surface area (Å²) in [4.78, 5) is 0. The summed E-state index contributed by atoms with van der Waals surface area (Å²) in [5.41, 5.74) is 3.30. The number of rotatable bonds is 13. The maximum Gasteiger partial charge on any atom is 0.165 e. The van der Waals surface area contributed by atoms with Crippen molar-refractivity contribution >= 4 is 0 Å². The maximum atomic E-state index is 14.7. The molecule has 0 unspecified atom stereocenters. The van der Waals surface area contributed by atoms with Crippen LogP contribution in [0, 0.1) is 17.7 Å². The first-order valence-corrected chi connectivity index (χ1v) is 13.2. The van der Waals surface area contributed by atoms with Crippen LogP contribution in [0.2, 0.25) is 0 Å². The largest absolute Gasteiger partial charge is 0.490 e. The summed E-state index contributed by atoms with van der Waals surface area (Å²) in [6.45, 7) is 5.11. The molecular formula is C30H43FO. The first-order valence-electron chi connectivity index (χ1n) is 13.2. The Labute approximate surface area is 195 Å². The zero-order valence-electron chi connectivity index (χ0n) is 20.4. The van der Waals surface area contributed by atoms with Crippen molar-refractivity contribution < 1.29 is 9.13 Å². The third-order valence-electron chi connectivity index (χ3n) is 7.16. The molecule has 0 saturated heterocycles. The second-order valence-electron chi connectivity index (χ2n) is 9.85. The Balaban J connectivity index is 1.39. The molecule has 2 heteroatoms. The van der Waals surface area contributed by atoms with Crippen LogP contribution in [0.4, 0.5) is 4.39 Å².